The van der Waals surface area contributed by atoms with E-state index in [9.17, 15) is 4.79 Å². The van der Waals surface area contributed by atoms with Gasteiger partial charge in [0.05, 0.1) is 10.6 Å². The van der Waals surface area contributed by atoms with E-state index in [1.54, 1.807) is 12.1 Å². The van der Waals surface area contributed by atoms with Crippen LogP contribution in [0.15, 0.2) is 36.4 Å². The zero-order chi connectivity index (χ0) is 17.7. The molecule has 0 fully saturated rings. The molecule has 0 spiro atoms. The smallest absolute Gasteiger partial charge is 0.262 e. The fourth-order valence-corrected chi connectivity index (χ4v) is 2.43. The van der Waals surface area contributed by atoms with Crippen molar-refractivity contribution in [2.45, 2.75) is 26.7 Å². The monoisotopic (exact) mass is 342 g/mol. The van der Waals surface area contributed by atoms with Crippen molar-refractivity contribution in [1.82, 2.24) is 0 Å². The highest BCUT2D eigenvalue weighted by atomic mass is 35.5. The lowest BCUT2D eigenvalue weighted by molar-refractivity contribution is -0.118. The van der Waals surface area contributed by atoms with Gasteiger partial charge in [0, 0.05) is 5.69 Å². The van der Waals surface area contributed by atoms with E-state index in [-0.39, 0.29) is 12.5 Å². The van der Waals surface area contributed by atoms with Crippen molar-refractivity contribution in [3.63, 3.8) is 0 Å². The van der Waals surface area contributed by atoms with Crippen LogP contribution < -0.4 is 10.1 Å². The molecule has 5 heteroatoms. The Bertz CT molecular complexity index is 794. The summed E-state index contributed by atoms with van der Waals surface area (Å²) in [6.45, 7) is 6.03. The first-order chi connectivity index (χ1) is 11.4. The quantitative estimate of drug-likeness (QED) is 0.859. The third-order valence-electron chi connectivity index (χ3n) is 3.52. The molecule has 0 saturated heterocycles. The molecule has 2 aromatic rings. The van der Waals surface area contributed by atoms with E-state index in [0.717, 1.165) is 11.1 Å². The van der Waals surface area contributed by atoms with E-state index in [4.69, 9.17) is 21.6 Å². The summed E-state index contributed by atoms with van der Waals surface area (Å²) in [7, 11) is 0. The molecule has 0 aliphatic heterocycles. The average molecular weight is 343 g/mol. The lowest BCUT2D eigenvalue weighted by Gasteiger charge is -2.15. The fourth-order valence-electron chi connectivity index (χ4n) is 2.27. The van der Waals surface area contributed by atoms with Crippen molar-refractivity contribution in [2.24, 2.45) is 0 Å². The number of anilines is 1. The number of hydrogen-bond acceptors (Lipinski definition) is 3. The standard InChI is InChI=1S/C19H19ClN2O2/c1-12(2)16-6-4-13(3)8-18(16)24-11-19(23)22-15-5-7-17(20)14(9-15)10-21/h4-9,12H,11H2,1-3H3,(H,22,23). The third-order valence-corrected chi connectivity index (χ3v) is 3.85. The van der Waals surface area contributed by atoms with Crippen molar-refractivity contribution in [1.29, 1.82) is 5.26 Å². The van der Waals surface area contributed by atoms with Crippen LogP contribution in [0.3, 0.4) is 0 Å². The molecule has 0 heterocycles. The minimum absolute atomic E-state index is 0.103. The number of benzene rings is 2. The maximum Gasteiger partial charge on any atom is 0.262 e. The molecule has 2 aromatic carbocycles. The number of rotatable bonds is 5. The number of carbonyl (C=O) groups excluding carboxylic acids is 1. The van der Waals surface area contributed by atoms with E-state index in [1.165, 1.54) is 6.07 Å². The van der Waals surface area contributed by atoms with Gasteiger partial charge in [-0.1, -0.05) is 37.6 Å². The minimum Gasteiger partial charge on any atom is -0.483 e. The molecule has 2 rings (SSSR count). The predicted molar refractivity (Wildman–Crippen MR) is 95.6 cm³/mol. The van der Waals surface area contributed by atoms with Crippen molar-refractivity contribution < 1.29 is 9.53 Å². The highest BCUT2D eigenvalue weighted by molar-refractivity contribution is 6.31. The minimum atomic E-state index is -0.294. The first kappa shape index (κ1) is 17.8. The second-order valence-corrected chi connectivity index (χ2v) is 6.25. The van der Waals surface area contributed by atoms with Crippen LogP contribution >= 0.6 is 11.6 Å². The zero-order valence-corrected chi connectivity index (χ0v) is 14.6. The summed E-state index contributed by atoms with van der Waals surface area (Å²) in [4.78, 5) is 12.1. The van der Waals surface area contributed by atoms with Crippen LogP contribution in [0.2, 0.25) is 5.02 Å². The predicted octanol–water partition coefficient (Wildman–Crippen LogP) is 4.66. The number of nitriles is 1. The normalized spacial score (nSPS) is 10.3. The molecule has 0 aliphatic rings. The Balaban J connectivity index is 2.04. The SMILES string of the molecule is Cc1ccc(C(C)C)c(OCC(=O)Nc2ccc(Cl)c(C#N)c2)c1. The molecule has 0 atom stereocenters. The third kappa shape index (κ3) is 4.50. The van der Waals surface area contributed by atoms with Gasteiger partial charge in [-0.05, 0) is 48.2 Å². The van der Waals surface area contributed by atoms with Crippen LogP contribution in [-0.2, 0) is 4.79 Å². The Kier molecular flexibility index (Phi) is 5.83. The van der Waals surface area contributed by atoms with Gasteiger partial charge in [-0.3, -0.25) is 4.79 Å². The van der Waals surface area contributed by atoms with Crippen molar-refractivity contribution in [2.75, 3.05) is 11.9 Å². The van der Waals surface area contributed by atoms with Gasteiger partial charge < -0.3 is 10.1 Å². The molecular formula is C19H19ClN2O2. The number of nitrogens with one attached hydrogen (secondary N) is 1. The van der Waals surface area contributed by atoms with Gasteiger partial charge in [-0.2, -0.15) is 5.26 Å². The van der Waals surface area contributed by atoms with E-state index >= 15 is 0 Å². The zero-order valence-electron chi connectivity index (χ0n) is 13.9. The molecule has 24 heavy (non-hydrogen) atoms. The number of aryl methyl sites for hydroxylation is 1. The second kappa shape index (κ2) is 7.85. The molecule has 0 radical (unpaired) electrons. The summed E-state index contributed by atoms with van der Waals surface area (Å²) in [6, 6.07) is 12.7. The lowest BCUT2D eigenvalue weighted by atomic mass is 10.0. The Hall–Kier alpha value is -2.51. The number of nitrogens with zero attached hydrogens (tertiary/aromatic N) is 1. The molecule has 0 aromatic heterocycles. The van der Waals surface area contributed by atoms with Crippen LogP contribution in [-0.4, -0.2) is 12.5 Å². The molecule has 124 valence electrons. The van der Waals surface area contributed by atoms with Gasteiger partial charge in [0.1, 0.15) is 11.8 Å². The largest absolute Gasteiger partial charge is 0.483 e. The Morgan fingerprint density at radius 1 is 1.29 bits per heavy atom. The number of amides is 1. The summed E-state index contributed by atoms with van der Waals surface area (Å²) in [6.07, 6.45) is 0. The van der Waals surface area contributed by atoms with Crippen LogP contribution in [0, 0.1) is 18.3 Å². The lowest BCUT2D eigenvalue weighted by Crippen LogP contribution is -2.20. The molecular weight excluding hydrogens is 324 g/mol. The van der Waals surface area contributed by atoms with Gasteiger partial charge in [0.15, 0.2) is 6.61 Å². The van der Waals surface area contributed by atoms with Crippen LogP contribution in [0.5, 0.6) is 5.75 Å². The molecule has 1 amide bonds. The van der Waals surface area contributed by atoms with Gasteiger partial charge in [0.25, 0.3) is 5.91 Å². The second-order valence-electron chi connectivity index (χ2n) is 5.84. The van der Waals surface area contributed by atoms with E-state index in [2.05, 4.69) is 19.2 Å². The van der Waals surface area contributed by atoms with E-state index in [1.807, 2.05) is 31.2 Å². The summed E-state index contributed by atoms with van der Waals surface area (Å²) in [5, 5.41) is 12.0. The van der Waals surface area contributed by atoms with Gasteiger partial charge in [-0.15, -0.1) is 0 Å². The fraction of sp³-hybridized carbons (Fsp3) is 0.263. The molecule has 0 aliphatic carbocycles. The molecule has 4 nitrogen and oxygen atoms in total. The topological polar surface area (TPSA) is 62.1 Å². The first-order valence-corrected chi connectivity index (χ1v) is 8.01. The van der Waals surface area contributed by atoms with Gasteiger partial charge >= 0.3 is 0 Å². The van der Waals surface area contributed by atoms with Crippen LogP contribution in [0.4, 0.5) is 5.69 Å². The summed E-state index contributed by atoms with van der Waals surface area (Å²) in [5.41, 5.74) is 2.96. The van der Waals surface area contributed by atoms with Crippen LogP contribution in [0.1, 0.15) is 36.5 Å². The number of carbonyl (C=O) groups is 1. The molecule has 0 bridgehead atoms. The van der Waals surface area contributed by atoms with Gasteiger partial charge in [-0.25, -0.2) is 0 Å². The van der Waals surface area contributed by atoms with Crippen molar-refractivity contribution in [3.05, 3.63) is 58.1 Å². The highest BCUT2D eigenvalue weighted by Gasteiger charge is 2.11. The maximum atomic E-state index is 12.1. The first-order valence-electron chi connectivity index (χ1n) is 7.63. The molecule has 0 saturated carbocycles. The summed E-state index contributed by atoms with van der Waals surface area (Å²) < 4.78 is 5.69. The molecule has 1 N–H and O–H groups in total. The Labute approximate surface area is 147 Å². The van der Waals surface area contributed by atoms with Gasteiger partial charge in [0.2, 0.25) is 0 Å². The van der Waals surface area contributed by atoms with Crippen molar-refractivity contribution in [3.8, 4) is 11.8 Å². The van der Waals surface area contributed by atoms with Crippen molar-refractivity contribution >= 4 is 23.2 Å². The highest BCUT2D eigenvalue weighted by Crippen LogP contribution is 2.27. The maximum absolute atomic E-state index is 12.1. The summed E-state index contributed by atoms with van der Waals surface area (Å²) in [5.74, 6) is 0.726. The number of ether oxygens (including phenoxy) is 1. The Morgan fingerprint density at radius 2 is 2.04 bits per heavy atom. The number of halogens is 1. The average Bonchev–Trinajstić information content (AvgIpc) is 2.54. The van der Waals surface area contributed by atoms with E-state index in [0.29, 0.717) is 27.9 Å². The Morgan fingerprint density at radius 3 is 2.71 bits per heavy atom. The summed E-state index contributed by atoms with van der Waals surface area (Å²) >= 11 is 5.88. The van der Waals surface area contributed by atoms with Crippen LogP contribution in [0.25, 0.3) is 0 Å². The number of hydrogen-bond donors (Lipinski definition) is 1. The molecule has 0 unspecified atom stereocenters. The van der Waals surface area contributed by atoms with E-state index < -0.39 is 0 Å².